The Morgan fingerprint density at radius 3 is 2.68 bits per heavy atom. The van der Waals surface area contributed by atoms with Crippen molar-refractivity contribution in [1.82, 2.24) is 0 Å². The van der Waals surface area contributed by atoms with Gasteiger partial charge in [0, 0.05) is 0 Å². The number of rotatable bonds is 3. The molecule has 0 fully saturated rings. The Morgan fingerprint density at radius 2 is 1.89 bits per heavy atom. The number of nitrogens with one attached hydrogen (secondary N) is 1. The van der Waals surface area contributed by atoms with Crippen LogP contribution in [-0.4, -0.2) is 14.2 Å². The number of fused-ring (bicyclic) bond motifs is 1. The maximum absolute atomic E-state index is 5.40. The second-order valence-corrected chi connectivity index (χ2v) is 4.67. The molecule has 3 heteroatoms. The number of ether oxygens (including phenoxy) is 2. The Kier molecular flexibility index (Phi) is 3.03. The molecule has 1 aliphatic heterocycles. The Hall–Kier alpha value is -2.16. The zero-order chi connectivity index (χ0) is 13.2. The molecular formula is C16H17NO2. The fourth-order valence-corrected chi connectivity index (χ4v) is 2.59. The van der Waals surface area contributed by atoms with Gasteiger partial charge in [0.1, 0.15) is 11.5 Å². The van der Waals surface area contributed by atoms with E-state index >= 15 is 0 Å². The van der Waals surface area contributed by atoms with Gasteiger partial charge in [-0.05, 0) is 35.7 Å². The van der Waals surface area contributed by atoms with Gasteiger partial charge in [-0.25, -0.2) is 0 Å². The second kappa shape index (κ2) is 4.84. The third-order valence-electron chi connectivity index (χ3n) is 3.57. The fraction of sp³-hybridized carbons (Fsp3) is 0.250. The highest BCUT2D eigenvalue weighted by atomic mass is 16.5. The number of benzene rings is 2. The highest BCUT2D eigenvalue weighted by Gasteiger charge is 2.24. The molecule has 1 aliphatic rings. The maximum Gasteiger partial charge on any atom is 0.142 e. The lowest BCUT2D eigenvalue weighted by atomic mass is 10.0. The number of methoxy groups -OCH3 is 2. The molecule has 2 aromatic rings. The van der Waals surface area contributed by atoms with Gasteiger partial charge in [0.2, 0.25) is 0 Å². The first-order valence-electron chi connectivity index (χ1n) is 6.38. The molecule has 0 radical (unpaired) electrons. The molecule has 2 aromatic carbocycles. The number of hydrogen-bond donors (Lipinski definition) is 1. The highest BCUT2D eigenvalue weighted by molar-refractivity contribution is 5.67. The SMILES string of the molecule is COc1cccc(C2Cc3cccc(OC)c3N2)c1. The van der Waals surface area contributed by atoms with Crippen molar-refractivity contribution < 1.29 is 9.47 Å². The number of para-hydroxylation sites is 1. The van der Waals surface area contributed by atoms with Gasteiger partial charge in [0.25, 0.3) is 0 Å². The average Bonchev–Trinajstić information content (AvgIpc) is 2.91. The van der Waals surface area contributed by atoms with E-state index in [9.17, 15) is 0 Å². The van der Waals surface area contributed by atoms with Gasteiger partial charge in [0.15, 0.2) is 0 Å². The molecule has 1 N–H and O–H groups in total. The van der Waals surface area contributed by atoms with Crippen LogP contribution in [0.1, 0.15) is 17.2 Å². The molecule has 1 unspecified atom stereocenters. The lowest BCUT2D eigenvalue weighted by Crippen LogP contribution is -2.06. The van der Waals surface area contributed by atoms with E-state index in [4.69, 9.17) is 9.47 Å². The Balaban J connectivity index is 1.90. The molecular weight excluding hydrogens is 238 g/mol. The Morgan fingerprint density at radius 1 is 1.05 bits per heavy atom. The van der Waals surface area contributed by atoms with Crippen LogP contribution in [0.25, 0.3) is 0 Å². The normalized spacial score (nSPS) is 16.6. The summed E-state index contributed by atoms with van der Waals surface area (Å²) in [5.41, 5.74) is 3.64. The van der Waals surface area contributed by atoms with Crippen LogP contribution < -0.4 is 14.8 Å². The average molecular weight is 255 g/mol. The van der Waals surface area contributed by atoms with Crippen molar-refractivity contribution in [3.05, 3.63) is 53.6 Å². The minimum Gasteiger partial charge on any atom is -0.497 e. The first-order valence-corrected chi connectivity index (χ1v) is 6.38. The maximum atomic E-state index is 5.40. The zero-order valence-corrected chi connectivity index (χ0v) is 11.1. The molecule has 0 spiro atoms. The third-order valence-corrected chi connectivity index (χ3v) is 3.57. The van der Waals surface area contributed by atoms with Gasteiger partial charge in [-0.1, -0.05) is 24.3 Å². The van der Waals surface area contributed by atoms with Gasteiger partial charge >= 0.3 is 0 Å². The molecule has 0 aromatic heterocycles. The number of hydrogen-bond acceptors (Lipinski definition) is 3. The van der Waals surface area contributed by atoms with Crippen LogP contribution in [-0.2, 0) is 6.42 Å². The van der Waals surface area contributed by atoms with Crippen molar-refractivity contribution in [3.63, 3.8) is 0 Å². The summed E-state index contributed by atoms with van der Waals surface area (Å²) in [6.07, 6.45) is 0.972. The molecule has 1 heterocycles. The van der Waals surface area contributed by atoms with Crippen LogP contribution in [0.2, 0.25) is 0 Å². The summed E-state index contributed by atoms with van der Waals surface area (Å²) in [6.45, 7) is 0. The first kappa shape index (κ1) is 11.9. The zero-order valence-electron chi connectivity index (χ0n) is 11.1. The van der Waals surface area contributed by atoms with Gasteiger partial charge in [-0.3, -0.25) is 0 Å². The first-order chi connectivity index (χ1) is 9.31. The summed E-state index contributed by atoms with van der Waals surface area (Å²) in [7, 11) is 3.40. The molecule has 0 amide bonds. The van der Waals surface area contributed by atoms with Gasteiger partial charge in [-0.2, -0.15) is 0 Å². The molecule has 3 nitrogen and oxygen atoms in total. The predicted molar refractivity (Wildman–Crippen MR) is 76.1 cm³/mol. The molecule has 0 bridgehead atoms. The molecule has 1 atom stereocenters. The highest BCUT2D eigenvalue weighted by Crippen LogP contribution is 2.40. The van der Waals surface area contributed by atoms with Crippen molar-refractivity contribution in [2.75, 3.05) is 19.5 Å². The van der Waals surface area contributed by atoms with Crippen LogP contribution in [0.3, 0.4) is 0 Å². The molecule has 0 saturated carbocycles. The topological polar surface area (TPSA) is 30.5 Å². The molecule has 98 valence electrons. The summed E-state index contributed by atoms with van der Waals surface area (Å²) >= 11 is 0. The molecule has 0 aliphatic carbocycles. The minimum atomic E-state index is 0.279. The lowest BCUT2D eigenvalue weighted by molar-refractivity contribution is 0.414. The summed E-state index contributed by atoms with van der Waals surface area (Å²) in [5, 5.41) is 3.54. The van der Waals surface area contributed by atoms with Crippen molar-refractivity contribution in [1.29, 1.82) is 0 Å². The van der Waals surface area contributed by atoms with Crippen LogP contribution >= 0.6 is 0 Å². The largest absolute Gasteiger partial charge is 0.497 e. The summed E-state index contributed by atoms with van der Waals surface area (Å²) in [5.74, 6) is 1.80. The smallest absolute Gasteiger partial charge is 0.142 e. The molecule has 0 saturated heterocycles. The Labute approximate surface area is 113 Å². The van der Waals surface area contributed by atoms with Crippen molar-refractivity contribution in [3.8, 4) is 11.5 Å². The standard InChI is InChI=1S/C16H17NO2/c1-18-13-7-3-5-11(9-13)14-10-12-6-4-8-15(19-2)16(12)17-14/h3-9,14,17H,10H2,1-2H3. The fourth-order valence-electron chi connectivity index (χ4n) is 2.59. The predicted octanol–water partition coefficient (Wildman–Crippen LogP) is 3.41. The van der Waals surface area contributed by atoms with E-state index < -0.39 is 0 Å². The van der Waals surface area contributed by atoms with Crippen LogP contribution in [0.4, 0.5) is 5.69 Å². The summed E-state index contributed by atoms with van der Waals surface area (Å²) < 4.78 is 10.7. The van der Waals surface area contributed by atoms with Gasteiger partial charge < -0.3 is 14.8 Å². The van der Waals surface area contributed by atoms with Gasteiger partial charge in [-0.15, -0.1) is 0 Å². The van der Waals surface area contributed by atoms with E-state index in [1.54, 1.807) is 14.2 Å². The van der Waals surface area contributed by atoms with Crippen molar-refractivity contribution >= 4 is 5.69 Å². The van der Waals surface area contributed by atoms with E-state index in [2.05, 4.69) is 23.5 Å². The molecule has 19 heavy (non-hydrogen) atoms. The van der Waals surface area contributed by atoms with E-state index in [1.807, 2.05) is 24.3 Å². The van der Waals surface area contributed by atoms with E-state index in [0.29, 0.717) is 0 Å². The summed E-state index contributed by atoms with van der Waals surface area (Å²) in [4.78, 5) is 0. The molecule has 3 rings (SSSR count). The van der Waals surface area contributed by atoms with Crippen LogP contribution in [0.5, 0.6) is 11.5 Å². The van der Waals surface area contributed by atoms with Crippen molar-refractivity contribution in [2.24, 2.45) is 0 Å². The van der Waals surface area contributed by atoms with E-state index in [0.717, 1.165) is 23.6 Å². The van der Waals surface area contributed by atoms with Crippen LogP contribution in [0, 0.1) is 0 Å². The summed E-state index contributed by atoms with van der Waals surface area (Å²) in [6, 6.07) is 14.6. The van der Waals surface area contributed by atoms with Crippen LogP contribution in [0.15, 0.2) is 42.5 Å². The third kappa shape index (κ3) is 2.12. The van der Waals surface area contributed by atoms with E-state index in [1.165, 1.54) is 11.1 Å². The Bertz CT molecular complexity index is 595. The number of anilines is 1. The minimum absolute atomic E-state index is 0.279. The van der Waals surface area contributed by atoms with E-state index in [-0.39, 0.29) is 6.04 Å². The monoisotopic (exact) mass is 255 g/mol. The quantitative estimate of drug-likeness (QED) is 0.911. The van der Waals surface area contributed by atoms with Crippen molar-refractivity contribution in [2.45, 2.75) is 12.5 Å². The second-order valence-electron chi connectivity index (χ2n) is 4.67. The van der Waals surface area contributed by atoms with Gasteiger partial charge in [0.05, 0.1) is 25.9 Å². The lowest BCUT2D eigenvalue weighted by Gasteiger charge is -2.13.